The maximum atomic E-state index is 12.1. The Hall–Kier alpha value is -0.820. The van der Waals surface area contributed by atoms with Crippen LogP contribution in [0.2, 0.25) is 0 Å². The highest BCUT2D eigenvalue weighted by molar-refractivity contribution is 7.89. The maximum absolute atomic E-state index is 12.1. The van der Waals surface area contributed by atoms with Gasteiger partial charge in [-0.1, -0.05) is 47.3 Å². The Balaban J connectivity index is 2.73. The highest BCUT2D eigenvalue weighted by Gasteiger charge is 2.15. The summed E-state index contributed by atoms with van der Waals surface area (Å²) in [6, 6.07) is 6.43. The summed E-state index contributed by atoms with van der Waals surface area (Å²) in [6.45, 7) is 2.00. The van der Waals surface area contributed by atoms with Crippen LogP contribution in [0.15, 0.2) is 34.3 Å². The number of sulfonamides is 1. The van der Waals surface area contributed by atoms with E-state index in [9.17, 15) is 8.42 Å². The molecule has 1 rings (SSSR count). The van der Waals surface area contributed by atoms with E-state index in [1.165, 1.54) is 12.1 Å². The van der Waals surface area contributed by atoms with Gasteiger partial charge in [0.25, 0.3) is 10.0 Å². The Morgan fingerprint density at radius 3 is 2.41 bits per heavy atom. The van der Waals surface area contributed by atoms with Crippen LogP contribution in [-0.2, 0) is 10.0 Å². The maximum Gasteiger partial charge on any atom is 0.276 e. The van der Waals surface area contributed by atoms with Gasteiger partial charge < -0.3 is 5.11 Å². The van der Waals surface area contributed by atoms with Crippen LogP contribution in [0.3, 0.4) is 0 Å². The number of hydrogen-bond donors (Lipinski definition) is 2. The fraction of sp³-hybridized carbons (Fsp3) is 0.500. The molecule has 2 N–H and O–H groups in total. The highest BCUT2D eigenvalue weighted by Crippen LogP contribution is 2.13. The largest absolute Gasteiger partial charge is 0.396 e. The fourth-order valence-electron chi connectivity index (χ4n) is 1.70. The normalized spacial score (nSPS) is 12.7. The monoisotopic (exact) mass is 366 g/mol. The molecule has 0 fully saturated rings. The third-order valence-electron chi connectivity index (χ3n) is 2.98. The summed E-state index contributed by atoms with van der Waals surface area (Å²) in [5.74, 6) is 0. The molecule has 0 bridgehead atoms. The second kappa shape index (κ2) is 9.35. The molecular weight excluding hydrogens is 347 g/mol. The average Bonchev–Trinajstić information content (AvgIpc) is 2.46. The fourth-order valence-corrected chi connectivity index (χ4v) is 2.85. The number of aliphatic hydroxyl groups is 1. The van der Waals surface area contributed by atoms with Gasteiger partial charge in [0.15, 0.2) is 0 Å². The molecule has 22 heavy (non-hydrogen) atoms. The minimum Gasteiger partial charge on any atom is -0.396 e. The number of unbranched alkanes of at least 4 members (excludes halogenated alkanes) is 2. The molecule has 0 spiro atoms. The van der Waals surface area contributed by atoms with Crippen LogP contribution in [0.4, 0.5) is 0 Å². The molecule has 0 aliphatic heterocycles. The van der Waals surface area contributed by atoms with Gasteiger partial charge in [-0.15, -0.1) is 0 Å². The molecule has 0 amide bonds. The van der Waals surface area contributed by atoms with Crippen LogP contribution < -0.4 is 4.83 Å². The molecule has 124 valence electrons. The van der Waals surface area contributed by atoms with Crippen molar-refractivity contribution in [2.45, 2.75) is 42.3 Å². The van der Waals surface area contributed by atoms with Crippen LogP contribution >= 0.6 is 23.2 Å². The van der Waals surface area contributed by atoms with Crippen LogP contribution in [0.1, 0.15) is 31.2 Å². The van der Waals surface area contributed by atoms with Gasteiger partial charge in [-0.3, -0.25) is 0 Å². The first kappa shape index (κ1) is 19.2. The van der Waals surface area contributed by atoms with E-state index >= 15 is 0 Å². The lowest BCUT2D eigenvalue weighted by atomic mass is 10.1. The molecule has 1 aromatic rings. The topological polar surface area (TPSA) is 78.8 Å². The second-order valence-corrected chi connectivity index (χ2v) is 7.60. The van der Waals surface area contributed by atoms with Crippen molar-refractivity contribution in [1.29, 1.82) is 0 Å². The van der Waals surface area contributed by atoms with E-state index < -0.39 is 14.9 Å². The van der Waals surface area contributed by atoms with Crippen molar-refractivity contribution in [1.82, 2.24) is 4.83 Å². The highest BCUT2D eigenvalue weighted by atomic mass is 35.5. The molecular formula is C14H20Cl2N2O3S. The smallest absolute Gasteiger partial charge is 0.276 e. The van der Waals surface area contributed by atoms with Crippen LogP contribution in [-0.4, -0.2) is 30.7 Å². The number of nitrogens with zero attached hydrogens (tertiary/aromatic N) is 1. The average molecular weight is 367 g/mol. The van der Waals surface area contributed by atoms with Crippen LogP contribution in [0.5, 0.6) is 0 Å². The lowest BCUT2D eigenvalue weighted by Crippen LogP contribution is -2.22. The van der Waals surface area contributed by atoms with E-state index in [1.54, 1.807) is 12.1 Å². The zero-order chi connectivity index (χ0) is 16.6. The van der Waals surface area contributed by atoms with Crippen LogP contribution in [0.25, 0.3) is 0 Å². The molecule has 8 heteroatoms. The van der Waals surface area contributed by atoms with E-state index in [0.717, 1.165) is 18.4 Å². The van der Waals surface area contributed by atoms with Gasteiger partial charge in [-0.2, -0.15) is 13.5 Å². The third kappa shape index (κ3) is 6.52. The van der Waals surface area contributed by atoms with E-state index in [2.05, 4.69) is 9.93 Å². The predicted octanol–water partition coefficient (Wildman–Crippen LogP) is 2.99. The van der Waals surface area contributed by atoms with Gasteiger partial charge in [0.05, 0.1) is 10.6 Å². The van der Waals surface area contributed by atoms with Crippen LogP contribution in [0, 0.1) is 6.92 Å². The van der Waals surface area contributed by atoms with Crippen molar-refractivity contribution in [3.05, 3.63) is 29.8 Å². The Morgan fingerprint density at radius 2 is 1.86 bits per heavy atom. The summed E-state index contributed by atoms with van der Waals surface area (Å²) >= 11 is 11.6. The van der Waals surface area contributed by atoms with Crippen molar-refractivity contribution in [3.63, 3.8) is 0 Å². The molecule has 0 atom stereocenters. The number of hydrogen-bond acceptors (Lipinski definition) is 4. The zero-order valence-electron chi connectivity index (χ0n) is 12.3. The number of nitrogens with one attached hydrogen (secondary N) is 1. The summed E-state index contributed by atoms with van der Waals surface area (Å²) < 4.78 is 24.2. The zero-order valence-corrected chi connectivity index (χ0v) is 14.6. The van der Waals surface area contributed by atoms with E-state index in [1.807, 2.05) is 6.92 Å². The molecule has 0 radical (unpaired) electrons. The second-order valence-electron chi connectivity index (χ2n) is 4.85. The molecule has 5 nitrogen and oxygen atoms in total. The number of halogens is 2. The quantitative estimate of drug-likeness (QED) is 0.305. The summed E-state index contributed by atoms with van der Waals surface area (Å²) in [4.78, 5) is 1.41. The standard InChI is InChI=1S/C14H20Cl2N2O3S/c1-11-6-8-12(9-7-11)22(20,21)18-17-13(14(15)16)5-3-2-4-10-19/h6-9,14,18-19H,2-5,10H2,1H3/b17-13+. The van der Waals surface area contributed by atoms with Gasteiger partial charge in [-0.25, -0.2) is 4.83 Å². The molecule has 0 aromatic heterocycles. The van der Waals surface area contributed by atoms with E-state index in [4.69, 9.17) is 28.3 Å². The number of hydrazone groups is 1. The summed E-state index contributed by atoms with van der Waals surface area (Å²) in [7, 11) is -3.74. The van der Waals surface area contributed by atoms with E-state index in [0.29, 0.717) is 18.6 Å². The number of benzene rings is 1. The van der Waals surface area contributed by atoms with Crippen molar-refractivity contribution in [2.75, 3.05) is 6.61 Å². The summed E-state index contributed by atoms with van der Waals surface area (Å²) in [5, 5.41) is 12.6. The molecule has 0 saturated heterocycles. The molecule has 0 saturated carbocycles. The third-order valence-corrected chi connectivity index (χ3v) is 4.71. The first-order chi connectivity index (χ1) is 10.4. The minimum atomic E-state index is -3.74. The summed E-state index contributed by atoms with van der Waals surface area (Å²) in [5.41, 5.74) is 1.32. The molecule has 0 heterocycles. The molecule has 0 aliphatic rings. The van der Waals surface area contributed by atoms with Crippen molar-refractivity contribution < 1.29 is 13.5 Å². The first-order valence-electron chi connectivity index (χ1n) is 6.91. The summed E-state index contributed by atoms with van der Waals surface area (Å²) in [6.07, 6.45) is 2.66. The molecule has 1 aromatic carbocycles. The van der Waals surface area contributed by atoms with Crippen molar-refractivity contribution >= 4 is 38.9 Å². The Morgan fingerprint density at radius 1 is 1.23 bits per heavy atom. The number of alkyl halides is 2. The Kier molecular flexibility index (Phi) is 8.17. The van der Waals surface area contributed by atoms with Gasteiger partial charge in [0.2, 0.25) is 0 Å². The lowest BCUT2D eigenvalue weighted by Gasteiger charge is -2.09. The SMILES string of the molecule is Cc1ccc(S(=O)(=O)N/N=C(\CCCCCO)C(Cl)Cl)cc1. The molecule has 0 aliphatic carbocycles. The van der Waals surface area contributed by atoms with E-state index in [-0.39, 0.29) is 11.5 Å². The number of aryl methyl sites for hydroxylation is 1. The Bertz CT molecular complexity index is 587. The van der Waals surface area contributed by atoms with Gasteiger partial charge >= 0.3 is 0 Å². The lowest BCUT2D eigenvalue weighted by molar-refractivity contribution is 0.283. The minimum absolute atomic E-state index is 0.123. The van der Waals surface area contributed by atoms with Gasteiger partial charge in [0, 0.05) is 6.61 Å². The van der Waals surface area contributed by atoms with Crippen molar-refractivity contribution in [3.8, 4) is 0 Å². The van der Waals surface area contributed by atoms with Gasteiger partial charge in [-0.05, 0) is 38.3 Å². The van der Waals surface area contributed by atoms with Gasteiger partial charge in [0.1, 0.15) is 4.84 Å². The number of rotatable bonds is 9. The molecule has 0 unspecified atom stereocenters. The van der Waals surface area contributed by atoms with Crippen molar-refractivity contribution in [2.24, 2.45) is 5.10 Å². The predicted molar refractivity (Wildman–Crippen MR) is 90.0 cm³/mol. The Labute approximate surface area is 141 Å². The first-order valence-corrected chi connectivity index (χ1v) is 9.26. The number of aliphatic hydroxyl groups excluding tert-OH is 1.